The molecule has 1 heterocycles. The molecule has 1 aromatic heterocycles. The summed E-state index contributed by atoms with van der Waals surface area (Å²) in [5, 5.41) is 9.01. The zero-order chi connectivity index (χ0) is 9.30. The lowest BCUT2D eigenvalue weighted by Gasteiger charge is -2.05. The van der Waals surface area contributed by atoms with E-state index in [4.69, 9.17) is 5.11 Å². The van der Waals surface area contributed by atoms with E-state index < -0.39 is 17.7 Å². The largest absolute Gasteiger partial charge is 0.506 e. The van der Waals surface area contributed by atoms with Crippen molar-refractivity contribution in [1.29, 1.82) is 0 Å². The van der Waals surface area contributed by atoms with Crippen molar-refractivity contribution in [2.45, 2.75) is 6.43 Å². The van der Waals surface area contributed by atoms with E-state index >= 15 is 0 Å². The highest BCUT2D eigenvalue weighted by molar-refractivity contribution is 14.1. The second-order valence-corrected chi connectivity index (χ2v) is 3.78. The Bertz CT molecular complexity index is 308. The summed E-state index contributed by atoms with van der Waals surface area (Å²) < 4.78 is 25.0. The van der Waals surface area contributed by atoms with Crippen LogP contribution >= 0.6 is 38.5 Å². The van der Waals surface area contributed by atoms with Crippen LogP contribution in [0.25, 0.3) is 0 Å². The van der Waals surface area contributed by atoms with Crippen LogP contribution < -0.4 is 0 Å². The molecule has 0 aliphatic carbocycles. The van der Waals surface area contributed by atoms with E-state index in [9.17, 15) is 8.78 Å². The van der Waals surface area contributed by atoms with Crippen LogP contribution in [0, 0.1) is 3.70 Å². The normalized spacial score (nSPS) is 10.8. The standard InChI is InChI=1S/C6H3BrF2INO/c7-4-3(5(8)9)2(12)1-11-6(4)10/h1,5,12H. The smallest absolute Gasteiger partial charge is 0.268 e. The zero-order valence-electron chi connectivity index (χ0n) is 5.56. The molecule has 1 rings (SSSR count). The average molecular weight is 350 g/mol. The number of halogens is 4. The number of hydrogen-bond donors (Lipinski definition) is 1. The van der Waals surface area contributed by atoms with Crippen LogP contribution in [0.2, 0.25) is 0 Å². The van der Waals surface area contributed by atoms with E-state index in [2.05, 4.69) is 20.9 Å². The molecule has 0 spiro atoms. The number of hydrogen-bond acceptors (Lipinski definition) is 2. The van der Waals surface area contributed by atoms with Crippen LogP contribution in [0.5, 0.6) is 5.75 Å². The van der Waals surface area contributed by atoms with Crippen LogP contribution in [-0.2, 0) is 0 Å². The zero-order valence-corrected chi connectivity index (χ0v) is 9.30. The van der Waals surface area contributed by atoms with Crippen molar-refractivity contribution in [2.24, 2.45) is 0 Å². The van der Waals surface area contributed by atoms with Gasteiger partial charge >= 0.3 is 0 Å². The van der Waals surface area contributed by atoms with Crippen LogP contribution in [0.1, 0.15) is 12.0 Å². The molecule has 0 saturated heterocycles. The lowest BCUT2D eigenvalue weighted by atomic mass is 10.2. The first kappa shape index (κ1) is 10.1. The van der Waals surface area contributed by atoms with Crippen molar-refractivity contribution in [2.75, 3.05) is 0 Å². The molecular weight excluding hydrogens is 347 g/mol. The molecule has 0 aromatic carbocycles. The first-order chi connectivity index (χ1) is 5.54. The third-order valence-corrected chi connectivity index (χ3v) is 3.57. The second kappa shape index (κ2) is 3.82. The van der Waals surface area contributed by atoms with Crippen molar-refractivity contribution in [3.05, 3.63) is 19.9 Å². The molecule has 66 valence electrons. The summed E-state index contributed by atoms with van der Waals surface area (Å²) in [5.74, 6) is -0.489. The summed E-state index contributed by atoms with van der Waals surface area (Å²) in [7, 11) is 0. The van der Waals surface area contributed by atoms with Gasteiger partial charge in [0, 0.05) is 0 Å². The third kappa shape index (κ3) is 1.85. The number of aromatic hydroxyl groups is 1. The van der Waals surface area contributed by atoms with Crippen molar-refractivity contribution in [1.82, 2.24) is 4.98 Å². The monoisotopic (exact) mass is 349 g/mol. The maximum absolute atomic E-state index is 12.2. The van der Waals surface area contributed by atoms with Gasteiger partial charge < -0.3 is 5.11 Å². The molecule has 12 heavy (non-hydrogen) atoms. The fourth-order valence-electron chi connectivity index (χ4n) is 0.675. The number of alkyl halides is 2. The molecule has 0 bridgehead atoms. The Morgan fingerprint density at radius 3 is 2.58 bits per heavy atom. The van der Waals surface area contributed by atoms with E-state index in [1.54, 1.807) is 22.6 Å². The van der Waals surface area contributed by atoms with Crippen LogP contribution in [0.3, 0.4) is 0 Å². The molecule has 1 aromatic rings. The molecule has 0 aliphatic heterocycles. The minimum Gasteiger partial charge on any atom is -0.506 e. The summed E-state index contributed by atoms with van der Waals surface area (Å²) in [4.78, 5) is 3.68. The van der Waals surface area contributed by atoms with Gasteiger partial charge in [0.05, 0.1) is 16.2 Å². The summed E-state index contributed by atoms with van der Waals surface area (Å²) >= 11 is 4.72. The van der Waals surface area contributed by atoms with Crippen molar-refractivity contribution in [3.63, 3.8) is 0 Å². The van der Waals surface area contributed by atoms with E-state index in [0.717, 1.165) is 6.20 Å². The Hall–Kier alpha value is 0.0200. The molecule has 0 fully saturated rings. The summed E-state index contributed by atoms with van der Waals surface area (Å²) in [6.45, 7) is 0. The maximum atomic E-state index is 12.2. The van der Waals surface area contributed by atoms with Gasteiger partial charge in [-0.1, -0.05) is 0 Å². The van der Waals surface area contributed by atoms with Gasteiger partial charge in [-0.3, -0.25) is 0 Å². The van der Waals surface area contributed by atoms with Gasteiger partial charge in [-0.05, 0) is 38.5 Å². The molecule has 0 unspecified atom stereocenters. The summed E-state index contributed by atoms with van der Waals surface area (Å²) in [6, 6.07) is 0. The van der Waals surface area contributed by atoms with E-state index in [-0.39, 0.29) is 4.47 Å². The van der Waals surface area contributed by atoms with Gasteiger partial charge in [0.2, 0.25) is 0 Å². The number of rotatable bonds is 1. The highest BCUT2D eigenvalue weighted by atomic mass is 127. The van der Waals surface area contributed by atoms with E-state index in [0.29, 0.717) is 3.70 Å². The molecule has 1 N–H and O–H groups in total. The summed E-state index contributed by atoms with van der Waals surface area (Å²) in [5.41, 5.74) is -0.408. The van der Waals surface area contributed by atoms with Gasteiger partial charge in [-0.2, -0.15) is 0 Å². The Morgan fingerprint density at radius 1 is 1.58 bits per heavy atom. The molecule has 0 aliphatic rings. The van der Waals surface area contributed by atoms with E-state index in [1.165, 1.54) is 0 Å². The van der Waals surface area contributed by atoms with Crippen molar-refractivity contribution < 1.29 is 13.9 Å². The second-order valence-electron chi connectivity index (χ2n) is 1.96. The van der Waals surface area contributed by atoms with Crippen LogP contribution in [-0.4, -0.2) is 10.1 Å². The predicted molar refractivity (Wildman–Crippen MR) is 51.3 cm³/mol. The van der Waals surface area contributed by atoms with Gasteiger partial charge in [0.25, 0.3) is 6.43 Å². The quantitative estimate of drug-likeness (QED) is 0.624. The lowest BCUT2D eigenvalue weighted by Crippen LogP contribution is -1.92. The topological polar surface area (TPSA) is 33.1 Å². The van der Waals surface area contributed by atoms with Crippen molar-refractivity contribution >= 4 is 38.5 Å². The minimum atomic E-state index is -2.70. The number of nitrogens with zero attached hydrogens (tertiary/aromatic N) is 1. The van der Waals surface area contributed by atoms with Gasteiger partial charge in [-0.25, -0.2) is 13.8 Å². The highest BCUT2D eigenvalue weighted by Gasteiger charge is 2.19. The summed E-state index contributed by atoms with van der Waals surface area (Å²) in [6.07, 6.45) is -1.69. The SMILES string of the molecule is Oc1cnc(I)c(Br)c1C(F)F. The third-order valence-electron chi connectivity index (χ3n) is 1.21. The predicted octanol–water partition coefficient (Wildman–Crippen LogP) is 3.09. The maximum Gasteiger partial charge on any atom is 0.268 e. The van der Waals surface area contributed by atoms with Gasteiger partial charge in [0.1, 0.15) is 9.45 Å². The molecule has 0 saturated carbocycles. The molecular formula is C6H3BrF2INO. The molecule has 6 heteroatoms. The number of aromatic nitrogens is 1. The van der Waals surface area contributed by atoms with E-state index in [1.807, 2.05) is 0 Å². The highest BCUT2D eigenvalue weighted by Crippen LogP contribution is 2.35. The van der Waals surface area contributed by atoms with Crippen LogP contribution in [0.4, 0.5) is 8.78 Å². The van der Waals surface area contributed by atoms with Gasteiger partial charge in [-0.15, -0.1) is 0 Å². The first-order valence-electron chi connectivity index (χ1n) is 2.85. The number of pyridine rings is 1. The lowest BCUT2D eigenvalue weighted by molar-refractivity contribution is 0.146. The average Bonchev–Trinajstić information content (AvgIpc) is 1.97. The molecule has 2 nitrogen and oxygen atoms in total. The molecule has 0 atom stereocenters. The van der Waals surface area contributed by atoms with Gasteiger partial charge in [0.15, 0.2) is 0 Å². The Balaban J connectivity index is 3.33. The Morgan fingerprint density at radius 2 is 2.17 bits per heavy atom. The Kier molecular flexibility index (Phi) is 3.22. The first-order valence-corrected chi connectivity index (χ1v) is 4.72. The Labute approximate surface area is 89.3 Å². The molecule has 0 radical (unpaired) electrons. The fraction of sp³-hybridized carbons (Fsp3) is 0.167. The molecule has 0 amide bonds. The van der Waals surface area contributed by atoms with Crippen LogP contribution in [0.15, 0.2) is 10.7 Å². The van der Waals surface area contributed by atoms with Crippen molar-refractivity contribution in [3.8, 4) is 5.75 Å². The minimum absolute atomic E-state index is 0.151. The fourth-order valence-corrected chi connectivity index (χ4v) is 1.58.